The van der Waals surface area contributed by atoms with Crippen molar-refractivity contribution < 1.29 is 14.3 Å². The number of rotatable bonds is 3. The second-order valence-electron chi connectivity index (χ2n) is 4.31. The number of para-hydroxylation sites is 2. The Hall–Kier alpha value is -2.24. The maximum absolute atomic E-state index is 12.0. The van der Waals surface area contributed by atoms with Crippen LogP contribution in [-0.4, -0.2) is 43.0 Å². The molecule has 102 valence electrons. The van der Waals surface area contributed by atoms with Crippen LogP contribution >= 0.6 is 0 Å². The van der Waals surface area contributed by atoms with Gasteiger partial charge in [0.15, 0.2) is 6.61 Å². The molecule has 1 fully saturated rings. The van der Waals surface area contributed by atoms with E-state index in [1.54, 1.807) is 29.2 Å². The number of carbonyl (C=O) groups excluding carboxylic acids is 2. The molecular formula is C13H17N3O3. The quantitative estimate of drug-likeness (QED) is 0.752. The fourth-order valence-electron chi connectivity index (χ4n) is 1.86. The second-order valence-corrected chi connectivity index (χ2v) is 4.31. The van der Waals surface area contributed by atoms with Crippen LogP contribution in [-0.2, 0) is 9.59 Å². The van der Waals surface area contributed by atoms with Crippen molar-refractivity contribution >= 4 is 17.5 Å². The van der Waals surface area contributed by atoms with Crippen LogP contribution in [0.15, 0.2) is 24.3 Å². The Morgan fingerprint density at radius 3 is 2.95 bits per heavy atom. The third-order valence-electron chi connectivity index (χ3n) is 2.94. The molecule has 0 saturated carbocycles. The van der Waals surface area contributed by atoms with Gasteiger partial charge in [-0.1, -0.05) is 12.1 Å². The number of nitrogens with two attached hydrogens (primary N) is 1. The maximum Gasteiger partial charge on any atom is 0.260 e. The van der Waals surface area contributed by atoms with Gasteiger partial charge in [-0.05, 0) is 12.1 Å². The number of anilines is 1. The van der Waals surface area contributed by atoms with Crippen LogP contribution in [0.5, 0.6) is 5.75 Å². The number of ether oxygens (including phenoxy) is 1. The third kappa shape index (κ3) is 3.61. The van der Waals surface area contributed by atoms with Crippen molar-refractivity contribution in [3.05, 3.63) is 24.3 Å². The molecule has 1 heterocycles. The summed E-state index contributed by atoms with van der Waals surface area (Å²) in [6.07, 6.45) is 0.333. The zero-order chi connectivity index (χ0) is 13.7. The summed E-state index contributed by atoms with van der Waals surface area (Å²) in [7, 11) is 0. The Morgan fingerprint density at radius 1 is 1.37 bits per heavy atom. The normalized spacial score (nSPS) is 15.6. The van der Waals surface area contributed by atoms with Gasteiger partial charge in [0.05, 0.1) is 5.69 Å². The summed E-state index contributed by atoms with van der Waals surface area (Å²) in [4.78, 5) is 24.8. The average molecular weight is 263 g/mol. The molecule has 1 aromatic carbocycles. The van der Waals surface area contributed by atoms with Gasteiger partial charge in [-0.15, -0.1) is 0 Å². The van der Waals surface area contributed by atoms with Crippen LogP contribution in [0.25, 0.3) is 0 Å². The number of carbonyl (C=O) groups is 2. The minimum atomic E-state index is -0.139. The molecule has 0 radical (unpaired) electrons. The molecule has 1 saturated heterocycles. The van der Waals surface area contributed by atoms with Crippen molar-refractivity contribution in [1.82, 2.24) is 10.2 Å². The molecule has 1 aliphatic rings. The van der Waals surface area contributed by atoms with Crippen LogP contribution in [0, 0.1) is 0 Å². The largest absolute Gasteiger partial charge is 0.482 e. The molecule has 0 unspecified atom stereocenters. The van der Waals surface area contributed by atoms with Gasteiger partial charge in [-0.25, -0.2) is 0 Å². The molecule has 0 aromatic heterocycles. The highest BCUT2D eigenvalue weighted by Gasteiger charge is 2.18. The molecule has 0 bridgehead atoms. The van der Waals surface area contributed by atoms with E-state index < -0.39 is 0 Å². The SMILES string of the molecule is Nc1ccccc1OCC(=O)N1CCNC(=O)CC1. The Morgan fingerprint density at radius 2 is 2.16 bits per heavy atom. The third-order valence-corrected chi connectivity index (χ3v) is 2.94. The predicted molar refractivity (Wildman–Crippen MR) is 70.6 cm³/mol. The number of hydrogen-bond acceptors (Lipinski definition) is 4. The van der Waals surface area contributed by atoms with Crippen LogP contribution in [0.2, 0.25) is 0 Å². The molecule has 0 atom stereocenters. The van der Waals surface area contributed by atoms with E-state index in [1.807, 2.05) is 0 Å². The van der Waals surface area contributed by atoms with Gasteiger partial charge < -0.3 is 20.7 Å². The highest BCUT2D eigenvalue weighted by molar-refractivity contribution is 5.81. The van der Waals surface area contributed by atoms with Crippen LogP contribution in [0.4, 0.5) is 5.69 Å². The van der Waals surface area contributed by atoms with Crippen LogP contribution < -0.4 is 15.8 Å². The first kappa shape index (κ1) is 13.2. The Bertz CT molecular complexity index is 476. The standard InChI is InChI=1S/C13H17N3O3/c14-10-3-1-2-4-11(10)19-9-13(18)16-7-5-12(17)15-6-8-16/h1-4H,5-9,14H2,(H,15,17). The topological polar surface area (TPSA) is 84.7 Å². The average Bonchev–Trinajstić information content (AvgIpc) is 2.62. The lowest BCUT2D eigenvalue weighted by Gasteiger charge is -2.19. The van der Waals surface area contributed by atoms with Crippen molar-refractivity contribution in [2.45, 2.75) is 6.42 Å². The lowest BCUT2D eigenvalue weighted by Crippen LogP contribution is -2.37. The molecule has 2 amide bonds. The van der Waals surface area contributed by atoms with Gasteiger partial charge in [-0.2, -0.15) is 0 Å². The first-order valence-electron chi connectivity index (χ1n) is 6.18. The molecule has 3 N–H and O–H groups in total. The van der Waals surface area contributed by atoms with Crippen LogP contribution in [0.3, 0.4) is 0 Å². The minimum absolute atomic E-state index is 0.0245. The van der Waals surface area contributed by atoms with E-state index in [2.05, 4.69) is 5.32 Å². The zero-order valence-electron chi connectivity index (χ0n) is 10.6. The van der Waals surface area contributed by atoms with Gasteiger partial charge >= 0.3 is 0 Å². The molecule has 1 aromatic rings. The van der Waals surface area contributed by atoms with E-state index in [9.17, 15) is 9.59 Å². The summed E-state index contributed by atoms with van der Waals surface area (Å²) < 4.78 is 5.40. The van der Waals surface area contributed by atoms with Gasteiger partial charge in [0, 0.05) is 26.1 Å². The Balaban J connectivity index is 1.87. The number of amides is 2. The van der Waals surface area contributed by atoms with Crippen molar-refractivity contribution in [2.24, 2.45) is 0 Å². The summed E-state index contributed by atoms with van der Waals surface area (Å²) in [5.74, 6) is 0.336. The first-order valence-corrected chi connectivity index (χ1v) is 6.18. The number of nitrogen functional groups attached to an aromatic ring is 1. The molecule has 6 nitrogen and oxygen atoms in total. The van der Waals surface area contributed by atoms with Crippen LogP contribution in [0.1, 0.15) is 6.42 Å². The maximum atomic E-state index is 12.0. The summed E-state index contributed by atoms with van der Waals surface area (Å²) in [5.41, 5.74) is 6.23. The van der Waals surface area contributed by atoms with Gasteiger partial charge in [0.25, 0.3) is 5.91 Å². The molecule has 6 heteroatoms. The molecule has 1 aliphatic heterocycles. The first-order chi connectivity index (χ1) is 9.16. The van der Waals surface area contributed by atoms with Crippen molar-refractivity contribution in [2.75, 3.05) is 32.0 Å². The highest BCUT2D eigenvalue weighted by atomic mass is 16.5. The Kier molecular flexibility index (Phi) is 4.22. The van der Waals surface area contributed by atoms with Crippen molar-refractivity contribution in [3.8, 4) is 5.75 Å². The number of hydrogen-bond donors (Lipinski definition) is 2. The van der Waals surface area contributed by atoms with Crippen molar-refractivity contribution in [3.63, 3.8) is 0 Å². The zero-order valence-corrected chi connectivity index (χ0v) is 10.6. The van der Waals surface area contributed by atoms with E-state index in [1.165, 1.54) is 0 Å². The van der Waals surface area contributed by atoms with E-state index in [-0.39, 0.29) is 18.4 Å². The van der Waals surface area contributed by atoms with E-state index in [0.717, 1.165) is 0 Å². The molecule has 0 aliphatic carbocycles. The Labute approximate surface area is 111 Å². The fraction of sp³-hybridized carbons (Fsp3) is 0.385. The van der Waals surface area contributed by atoms with E-state index in [0.29, 0.717) is 37.5 Å². The van der Waals surface area contributed by atoms with Gasteiger partial charge in [-0.3, -0.25) is 9.59 Å². The number of nitrogens with one attached hydrogen (secondary N) is 1. The summed E-state index contributed by atoms with van der Waals surface area (Å²) in [6.45, 7) is 1.36. The summed E-state index contributed by atoms with van der Waals surface area (Å²) >= 11 is 0. The number of benzene rings is 1. The lowest BCUT2D eigenvalue weighted by atomic mass is 10.3. The molecule has 2 rings (SSSR count). The van der Waals surface area contributed by atoms with Crippen molar-refractivity contribution in [1.29, 1.82) is 0 Å². The van der Waals surface area contributed by atoms with E-state index >= 15 is 0 Å². The molecule has 0 spiro atoms. The minimum Gasteiger partial charge on any atom is -0.482 e. The monoisotopic (exact) mass is 263 g/mol. The number of nitrogens with zero attached hydrogens (tertiary/aromatic N) is 1. The summed E-state index contributed by atoms with van der Waals surface area (Å²) in [6, 6.07) is 7.03. The fourth-order valence-corrected chi connectivity index (χ4v) is 1.86. The molecule has 19 heavy (non-hydrogen) atoms. The van der Waals surface area contributed by atoms with Gasteiger partial charge in [0.1, 0.15) is 5.75 Å². The lowest BCUT2D eigenvalue weighted by molar-refractivity contribution is -0.133. The second kappa shape index (κ2) is 6.08. The highest BCUT2D eigenvalue weighted by Crippen LogP contribution is 2.19. The van der Waals surface area contributed by atoms with Gasteiger partial charge in [0.2, 0.25) is 5.91 Å². The summed E-state index contributed by atoms with van der Waals surface area (Å²) in [5, 5.41) is 2.72. The molecular weight excluding hydrogens is 246 g/mol. The predicted octanol–water partition coefficient (Wildman–Crippen LogP) is -0.00390. The van der Waals surface area contributed by atoms with E-state index in [4.69, 9.17) is 10.5 Å². The smallest absolute Gasteiger partial charge is 0.260 e.